The Bertz CT molecular complexity index is 433. The zero-order valence-electron chi connectivity index (χ0n) is 11.3. The van der Waals surface area contributed by atoms with Gasteiger partial charge in [-0.2, -0.15) is 0 Å². The first-order chi connectivity index (χ1) is 9.26. The lowest BCUT2D eigenvalue weighted by molar-refractivity contribution is 0.0780. The number of methoxy groups -OCH3 is 1. The fourth-order valence-electron chi connectivity index (χ4n) is 2.62. The van der Waals surface area contributed by atoms with E-state index in [-0.39, 0.29) is 12.5 Å². The first kappa shape index (κ1) is 14.0. The third-order valence-corrected chi connectivity index (χ3v) is 3.66. The quantitative estimate of drug-likeness (QED) is 0.879. The van der Waals surface area contributed by atoms with Gasteiger partial charge in [0.25, 0.3) is 5.91 Å². The van der Waals surface area contributed by atoms with Crippen molar-refractivity contribution in [1.29, 1.82) is 0 Å². The molecular weight excluding hydrogens is 242 g/mol. The zero-order valence-corrected chi connectivity index (χ0v) is 11.3. The Balaban J connectivity index is 2.08. The summed E-state index contributed by atoms with van der Waals surface area (Å²) in [5, 5.41) is 8.96. The minimum Gasteiger partial charge on any atom is -0.396 e. The minimum absolute atomic E-state index is 0.0769. The molecule has 19 heavy (non-hydrogen) atoms. The lowest BCUT2D eigenvalue weighted by Gasteiger charge is -2.18. The highest BCUT2D eigenvalue weighted by Gasteiger charge is 2.27. The topological polar surface area (TPSA) is 49.8 Å². The molecule has 1 aliphatic rings. The van der Waals surface area contributed by atoms with Crippen molar-refractivity contribution in [2.75, 3.05) is 26.8 Å². The maximum atomic E-state index is 12.5. The molecule has 1 atom stereocenters. The van der Waals surface area contributed by atoms with Crippen LogP contribution in [-0.2, 0) is 11.3 Å². The van der Waals surface area contributed by atoms with E-state index in [1.54, 1.807) is 7.11 Å². The molecule has 1 aromatic carbocycles. The van der Waals surface area contributed by atoms with E-state index in [0.717, 1.165) is 37.1 Å². The molecule has 0 radical (unpaired) electrons. The highest BCUT2D eigenvalue weighted by molar-refractivity contribution is 5.95. The Morgan fingerprint density at radius 2 is 2.26 bits per heavy atom. The summed E-state index contributed by atoms with van der Waals surface area (Å²) in [7, 11) is 1.63. The molecule has 0 aromatic heterocycles. The van der Waals surface area contributed by atoms with Gasteiger partial charge in [-0.15, -0.1) is 0 Å². The molecule has 1 aliphatic heterocycles. The Morgan fingerprint density at radius 1 is 1.47 bits per heavy atom. The van der Waals surface area contributed by atoms with Crippen LogP contribution in [0.25, 0.3) is 0 Å². The summed E-state index contributed by atoms with van der Waals surface area (Å²) in [5.41, 5.74) is 1.66. The Morgan fingerprint density at radius 3 is 3.00 bits per heavy atom. The second-order valence-corrected chi connectivity index (χ2v) is 5.01. The number of hydrogen-bond acceptors (Lipinski definition) is 3. The Kier molecular flexibility index (Phi) is 4.93. The fraction of sp³-hybridized carbons (Fsp3) is 0.533. The number of carbonyl (C=O) groups excluding carboxylic acids is 1. The molecule has 0 spiro atoms. The molecule has 1 saturated heterocycles. The van der Waals surface area contributed by atoms with E-state index in [2.05, 4.69) is 0 Å². The van der Waals surface area contributed by atoms with Crippen molar-refractivity contribution in [3.05, 3.63) is 35.4 Å². The fourth-order valence-corrected chi connectivity index (χ4v) is 2.62. The molecule has 1 aromatic rings. The summed E-state index contributed by atoms with van der Waals surface area (Å²) >= 11 is 0. The van der Waals surface area contributed by atoms with Crippen molar-refractivity contribution in [2.45, 2.75) is 19.4 Å². The van der Waals surface area contributed by atoms with Crippen LogP contribution in [0.15, 0.2) is 24.3 Å². The van der Waals surface area contributed by atoms with Crippen LogP contribution in [0.2, 0.25) is 0 Å². The lowest BCUT2D eigenvalue weighted by Crippen LogP contribution is -2.29. The number of carbonyl (C=O) groups is 1. The van der Waals surface area contributed by atoms with Crippen molar-refractivity contribution in [3.8, 4) is 0 Å². The molecule has 2 rings (SSSR count). The number of amides is 1. The number of hydrogen-bond donors (Lipinski definition) is 1. The molecule has 1 unspecified atom stereocenters. The van der Waals surface area contributed by atoms with Crippen molar-refractivity contribution in [2.24, 2.45) is 5.92 Å². The second-order valence-electron chi connectivity index (χ2n) is 5.01. The predicted octanol–water partition coefficient (Wildman–Crippen LogP) is 1.68. The van der Waals surface area contributed by atoms with E-state index in [1.807, 2.05) is 29.2 Å². The maximum Gasteiger partial charge on any atom is 0.254 e. The van der Waals surface area contributed by atoms with E-state index in [1.165, 1.54) is 0 Å². The molecule has 1 N–H and O–H groups in total. The Hall–Kier alpha value is -1.39. The number of ether oxygens (including phenoxy) is 1. The SMILES string of the molecule is COCc1ccccc1C(=O)N1CCC(CCO)C1. The summed E-state index contributed by atoms with van der Waals surface area (Å²) in [6.45, 7) is 2.19. The smallest absolute Gasteiger partial charge is 0.254 e. The van der Waals surface area contributed by atoms with Gasteiger partial charge in [0, 0.05) is 32.4 Å². The largest absolute Gasteiger partial charge is 0.396 e. The maximum absolute atomic E-state index is 12.5. The van der Waals surface area contributed by atoms with Crippen LogP contribution in [0.4, 0.5) is 0 Å². The number of rotatable bonds is 5. The van der Waals surface area contributed by atoms with Crippen molar-refractivity contribution in [3.63, 3.8) is 0 Å². The number of nitrogens with zero attached hydrogens (tertiary/aromatic N) is 1. The summed E-state index contributed by atoms with van der Waals surface area (Å²) in [5.74, 6) is 0.511. The van der Waals surface area contributed by atoms with Crippen molar-refractivity contribution < 1.29 is 14.6 Å². The van der Waals surface area contributed by atoms with Crippen LogP contribution < -0.4 is 0 Å². The van der Waals surface area contributed by atoms with Crippen LogP contribution in [0.3, 0.4) is 0 Å². The first-order valence-corrected chi connectivity index (χ1v) is 6.73. The van der Waals surface area contributed by atoms with Crippen LogP contribution in [0, 0.1) is 5.92 Å². The molecule has 0 saturated carbocycles. The monoisotopic (exact) mass is 263 g/mol. The van der Waals surface area contributed by atoms with E-state index >= 15 is 0 Å². The normalized spacial score (nSPS) is 18.8. The molecule has 1 fully saturated rings. The number of aliphatic hydroxyl groups excluding tert-OH is 1. The standard InChI is InChI=1S/C15H21NO3/c1-19-11-13-4-2-3-5-14(13)15(18)16-8-6-12(10-16)7-9-17/h2-5,12,17H,6-11H2,1H3. The van der Waals surface area contributed by atoms with Crippen LogP contribution >= 0.6 is 0 Å². The average molecular weight is 263 g/mol. The van der Waals surface area contributed by atoms with Crippen LogP contribution in [0.5, 0.6) is 0 Å². The van der Waals surface area contributed by atoms with Gasteiger partial charge >= 0.3 is 0 Å². The highest BCUT2D eigenvalue weighted by Crippen LogP contribution is 2.22. The molecule has 1 heterocycles. The molecule has 104 valence electrons. The third-order valence-electron chi connectivity index (χ3n) is 3.66. The van der Waals surface area contributed by atoms with E-state index < -0.39 is 0 Å². The summed E-state index contributed by atoms with van der Waals surface area (Å²) < 4.78 is 5.14. The first-order valence-electron chi connectivity index (χ1n) is 6.73. The lowest BCUT2D eigenvalue weighted by atomic mass is 10.1. The number of likely N-dealkylation sites (tertiary alicyclic amines) is 1. The average Bonchev–Trinajstić information content (AvgIpc) is 2.88. The zero-order chi connectivity index (χ0) is 13.7. The van der Waals surface area contributed by atoms with Crippen LogP contribution in [-0.4, -0.2) is 42.7 Å². The van der Waals surface area contributed by atoms with E-state index in [0.29, 0.717) is 12.5 Å². The molecule has 0 aliphatic carbocycles. The van der Waals surface area contributed by atoms with E-state index in [9.17, 15) is 4.79 Å². The van der Waals surface area contributed by atoms with Gasteiger partial charge in [-0.05, 0) is 30.4 Å². The van der Waals surface area contributed by atoms with E-state index in [4.69, 9.17) is 9.84 Å². The van der Waals surface area contributed by atoms with Gasteiger partial charge in [-0.1, -0.05) is 18.2 Å². The van der Waals surface area contributed by atoms with Gasteiger partial charge in [0.05, 0.1) is 6.61 Å². The summed E-state index contributed by atoms with van der Waals surface area (Å²) in [6.07, 6.45) is 1.77. The molecule has 1 amide bonds. The van der Waals surface area contributed by atoms with Gasteiger partial charge in [-0.3, -0.25) is 4.79 Å². The Labute approximate surface area is 114 Å². The van der Waals surface area contributed by atoms with Crippen LogP contribution in [0.1, 0.15) is 28.8 Å². The van der Waals surface area contributed by atoms with Gasteiger partial charge in [0.1, 0.15) is 0 Å². The number of aliphatic hydroxyl groups is 1. The highest BCUT2D eigenvalue weighted by atomic mass is 16.5. The molecule has 4 nitrogen and oxygen atoms in total. The van der Waals surface area contributed by atoms with Gasteiger partial charge in [-0.25, -0.2) is 0 Å². The summed E-state index contributed by atoms with van der Waals surface area (Å²) in [4.78, 5) is 14.4. The molecule has 0 bridgehead atoms. The predicted molar refractivity (Wildman–Crippen MR) is 72.9 cm³/mol. The van der Waals surface area contributed by atoms with Gasteiger partial charge < -0.3 is 14.7 Å². The number of benzene rings is 1. The van der Waals surface area contributed by atoms with Gasteiger partial charge in [0.2, 0.25) is 0 Å². The molecule has 4 heteroatoms. The summed E-state index contributed by atoms with van der Waals surface area (Å²) in [6, 6.07) is 7.59. The second kappa shape index (κ2) is 6.68. The van der Waals surface area contributed by atoms with Gasteiger partial charge in [0.15, 0.2) is 0 Å². The van der Waals surface area contributed by atoms with Crippen molar-refractivity contribution >= 4 is 5.91 Å². The minimum atomic E-state index is 0.0769. The van der Waals surface area contributed by atoms with Crippen molar-refractivity contribution in [1.82, 2.24) is 4.90 Å². The third kappa shape index (κ3) is 3.33. The molecular formula is C15H21NO3.